The lowest BCUT2D eigenvalue weighted by atomic mass is 9.87. The third-order valence-electron chi connectivity index (χ3n) is 3.18. The number of hydrogen-bond donors (Lipinski definition) is 0. The number of anilines is 1. The predicted molar refractivity (Wildman–Crippen MR) is 74.3 cm³/mol. The Bertz CT molecular complexity index is 458. The molecule has 0 spiro atoms. The van der Waals surface area contributed by atoms with Gasteiger partial charge in [0, 0.05) is 19.3 Å². The minimum absolute atomic E-state index is 0.178. The van der Waals surface area contributed by atoms with Crippen LogP contribution >= 0.6 is 0 Å². The minimum Gasteiger partial charge on any atom is -0.491 e. The van der Waals surface area contributed by atoms with Crippen molar-refractivity contribution in [2.24, 2.45) is 5.41 Å². The zero-order chi connectivity index (χ0) is 13.9. The molecular formula is C15H20N2O2. The number of ether oxygens (including phenoxy) is 2. The van der Waals surface area contributed by atoms with Crippen LogP contribution in [0.4, 0.5) is 5.69 Å². The van der Waals surface area contributed by atoms with Crippen molar-refractivity contribution in [2.75, 3.05) is 31.7 Å². The molecular weight excluding hydrogens is 240 g/mol. The molecule has 1 fully saturated rings. The van der Waals surface area contributed by atoms with E-state index in [0.29, 0.717) is 19.8 Å². The van der Waals surface area contributed by atoms with Crippen molar-refractivity contribution in [3.8, 4) is 11.8 Å². The number of benzene rings is 1. The fourth-order valence-electron chi connectivity index (χ4n) is 2.14. The molecule has 102 valence electrons. The monoisotopic (exact) mass is 260 g/mol. The van der Waals surface area contributed by atoms with Crippen LogP contribution in [0.3, 0.4) is 0 Å². The topological polar surface area (TPSA) is 45.5 Å². The summed E-state index contributed by atoms with van der Waals surface area (Å²) in [4.78, 5) is 2.09. The lowest BCUT2D eigenvalue weighted by Crippen LogP contribution is -2.49. The van der Waals surface area contributed by atoms with Gasteiger partial charge in [0.25, 0.3) is 0 Å². The Morgan fingerprint density at radius 3 is 2.42 bits per heavy atom. The quantitative estimate of drug-likeness (QED) is 0.815. The molecule has 1 aliphatic rings. The first-order valence-electron chi connectivity index (χ1n) is 6.51. The van der Waals surface area contributed by atoms with E-state index in [1.54, 1.807) is 0 Å². The molecule has 1 aromatic rings. The Hall–Kier alpha value is -1.73. The highest BCUT2D eigenvalue weighted by molar-refractivity contribution is 5.49. The predicted octanol–water partition coefficient (Wildman–Crippen LogP) is 2.45. The van der Waals surface area contributed by atoms with Gasteiger partial charge in [-0.1, -0.05) is 0 Å². The van der Waals surface area contributed by atoms with Gasteiger partial charge < -0.3 is 14.4 Å². The molecule has 0 amide bonds. The summed E-state index contributed by atoms with van der Waals surface area (Å²) in [6, 6.07) is 10.3. The van der Waals surface area contributed by atoms with Crippen molar-refractivity contribution in [3.63, 3.8) is 0 Å². The molecule has 0 N–H and O–H groups in total. The van der Waals surface area contributed by atoms with E-state index in [0.717, 1.165) is 11.4 Å². The van der Waals surface area contributed by atoms with E-state index in [2.05, 4.69) is 11.0 Å². The zero-order valence-corrected chi connectivity index (χ0v) is 11.7. The molecule has 1 aliphatic heterocycles. The SMILES string of the molecule is CC(C)Oc1ccc(N(C)CC2(C#N)COC2)cc1. The van der Waals surface area contributed by atoms with Crippen LogP contribution < -0.4 is 9.64 Å². The second-order valence-electron chi connectivity index (χ2n) is 5.40. The first-order valence-corrected chi connectivity index (χ1v) is 6.51. The van der Waals surface area contributed by atoms with Crippen molar-refractivity contribution < 1.29 is 9.47 Å². The number of nitriles is 1. The second-order valence-corrected chi connectivity index (χ2v) is 5.40. The van der Waals surface area contributed by atoms with Crippen LogP contribution in [0.15, 0.2) is 24.3 Å². The van der Waals surface area contributed by atoms with Crippen LogP contribution in [0, 0.1) is 16.7 Å². The van der Waals surface area contributed by atoms with Crippen LogP contribution in [0.2, 0.25) is 0 Å². The average molecular weight is 260 g/mol. The first kappa shape index (κ1) is 13.7. The Kier molecular flexibility index (Phi) is 3.96. The van der Waals surface area contributed by atoms with Gasteiger partial charge in [-0.3, -0.25) is 0 Å². The Labute approximate surface area is 114 Å². The molecule has 1 aromatic carbocycles. The number of nitrogens with zero attached hydrogens (tertiary/aromatic N) is 2. The van der Waals surface area contributed by atoms with E-state index in [9.17, 15) is 5.26 Å². The summed E-state index contributed by atoms with van der Waals surface area (Å²) in [6.45, 7) is 5.76. The van der Waals surface area contributed by atoms with Crippen LogP contribution in [0.5, 0.6) is 5.75 Å². The van der Waals surface area contributed by atoms with Gasteiger partial charge in [0.05, 0.1) is 25.4 Å². The third-order valence-corrected chi connectivity index (χ3v) is 3.18. The maximum absolute atomic E-state index is 9.20. The van der Waals surface area contributed by atoms with Gasteiger partial charge in [-0.05, 0) is 38.1 Å². The molecule has 0 unspecified atom stereocenters. The average Bonchev–Trinajstić information content (AvgIpc) is 2.34. The van der Waals surface area contributed by atoms with Crippen LogP contribution in [-0.2, 0) is 4.74 Å². The third kappa shape index (κ3) is 3.18. The van der Waals surface area contributed by atoms with Gasteiger partial charge in [-0.2, -0.15) is 5.26 Å². The summed E-state index contributed by atoms with van der Waals surface area (Å²) >= 11 is 0. The molecule has 4 heteroatoms. The highest BCUT2D eigenvalue weighted by atomic mass is 16.5. The van der Waals surface area contributed by atoms with Gasteiger partial charge in [-0.15, -0.1) is 0 Å². The van der Waals surface area contributed by atoms with Crippen molar-refractivity contribution in [1.82, 2.24) is 0 Å². The molecule has 19 heavy (non-hydrogen) atoms. The Morgan fingerprint density at radius 1 is 1.37 bits per heavy atom. The normalized spacial score (nSPS) is 16.6. The summed E-state index contributed by atoms with van der Waals surface area (Å²) in [6.07, 6.45) is 0.178. The maximum atomic E-state index is 9.20. The maximum Gasteiger partial charge on any atom is 0.121 e. The standard InChI is InChI=1S/C15H20N2O2/c1-12(2)19-14-6-4-13(5-7-14)17(3)9-15(8-16)10-18-11-15/h4-7,12H,9-11H2,1-3H3. The molecule has 0 radical (unpaired) electrons. The van der Waals surface area contributed by atoms with Crippen LogP contribution in [-0.4, -0.2) is 32.9 Å². The molecule has 4 nitrogen and oxygen atoms in total. The van der Waals surface area contributed by atoms with E-state index < -0.39 is 0 Å². The minimum atomic E-state index is -0.345. The van der Waals surface area contributed by atoms with Gasteiger partial charge in [0.15, 0.2) is 0 Å². The molecule has 0 aliphatic carbocycles. The van der Waals surface area contributed by atoms with E-state index in [-0.39, 0.29) is 11.5 Å². The van der Waals surface area contributed by atoms with E-state index in [1.807, 2.05) is 45.2 Å². The fourth-order valence-corrected chi connectivity index (χ4v) is 2.14. The van der Waals surface area contributed by atoms with Crippen molar-refractivity contribution in [1.29, 1.82) is 5.26 Å². The molecule has 0 saturated carbocycles. The van der Waals surface area contributed by atoms with Crippen molar-refractivity contribution in [3.05, 3.63) is 24.3 Å². The zero-order valence-electron chi connectivity index (χ0n) is 11.7. The Morgan fingerprint density at radius 2 is 2.00 bits per heavy atom. The molecule has 0 bridgehead atoms. The summed E-state index contributed by atoms with van der Waals surface area (Å²) in [7, 11) is 2.00. The molecule has 0 aromatic heterocycles. The highest BCUT2D eigenvalue weighted by Crippen LogP contribution is 2.29. The lowest BCUT2D eigenvalue weighted by Gasteiger charge is -2.38. The number of hydrogen-bond acceptors (Lipinski definition) is 4. The van der Waals surface area contributed by atoms with E-state index >= 15 is 0 Å². The summed E-state index contributed by atoms with van der Waals surface area (Å²) in [5.41, 5.74) is 0.736. The fraction of sp³-hybridized carbons (Fsp3) is 0.533. The molecule has 2 rings (SSSR count). The van der Waals surface area contributed by atoms with Gasteiger partial charge in [-0.25, -0.2) is 0 Å². The van der Waals surface area contributed by atoms with E-state index in [4.69, 9.17) is 9.47 Å². The van der Waals surface area contributed by atoms with Gasteiger partial charge in [0.1, 0.15) is 11.2 Å². The van der Waals surface area contributed by atoms with Crippen LogP contribution in [0.1, 0.15) is 13.8 Å². The molecule has 0 atom stereocenters. The summed E-state index contributed by atoms with van der Waals surface area (Å²) in [5, 5.41) is 9.20. The second kappa shape index (κ2) is 5.50. The first-order chi connectivity index (χ1) is 9.04. The summed E-state index contributed by atoms with van der Waals surface area (Å²) in [5.74, 6) is 0.870. The van der Waals surface area contributed by atoms with Gasteiger partial charge >= 0.3 is 0 Å². The largest absolute Gasteiger partial charge is 0.491 e. The lowest BCUT2D eigenvalue weighted by molar-refractivity contribution is -0.0716. The van der Waals surface area contributed by atoms with Crippen molar-refractivity contribution in [2.45, 2.75) is 20.0 Å². The Balaban J connectivity index is 1.99. The number of rotatable bonds is 5. The molecule has 1 saturated heterocycles. The van der Waals surface area contributed by atoms with Crippen molar-refractivity contribution >= 4 is 5.69 Å². The van der Waals surface area contributed by atoms with E-state index in [1.165, 1.54) is 0 Å². The smallest absolute Gasteiger partial charge is 0.121 e. The summed E-state index contributed by atoms with van der Waals surface area (Å²) < 4.78 is 10.8. The highest BCUT2D eigenvalue weighted by Gasteiger charge is 2.40. The van der Waals surface area contributed by atoms with Gasteiger partial charge in [0.2, 0.25) is 0 Å². The molecule has 1 heterocycles. The van der Waals surface area contributed by atoms with Crippen LogP contribution in [0.25, 0.3) is 0 Å².